The number of rotatable bonds is 3. The van der Waals surface area contributed by atoms with Crippen molar-refractivity contribution >= 4 is 11.7 Å². The molecule has 4 nitrogen and oxygen atoms in total. The number of nitrogens with zero attached hydrogens (tertiary/aromatic N) is 2. The molecule has 2 heterocycles. The lowest BCUT2D eigenvalue weighted by Gasteiger charge is -2.25. The highest BCUT2D eigenvalue weighted by Crippen LogP contribution is 2.27. The summed E-state index contributed by atoms with van der Waals surface area (Å²) in [6, 6.07) is 3.02. The van der Waals surface area contributed by atoms with Gasteiger partial charge in [0.2, 0.25) is 5.91 Å². The van der Waals surface area contributed by atoms with Crippen LogP contribution in [0.2, 0.25) is 0 Å². The lowest BCUT2D eigenvalue weighted by Crippen LogP contribution is -2.44. The van der Waals surface area contributed by atoms with E-state index >= 15 is 0 Å². The molecule has 1 N–H and O–H groups in total. The highest BCUT2D eigenvalue weighted by molar-refractivity contribution is 5.86. The van der Waals surface area contributed by atoms with Crippen LogP contribution in [0.1, 0.15) is 25.7 Å². The van der Waals surface area contributed by atoms with Crippen molar-refractivity contribution in [1.29, 1.82) is 0 Å². The Kier molecular flexibility index (Phi) is 2.89. The predicted molar refractivity (Wildman–Crippen MR) is 65.7 cm³/mol. The van der Waals surface area contributed by atoms with Crippen LogP contribution in [0.5, 0.6) is 0 Å². The molecule has 1 amide bonds. The number of nitrogens with one attached hydrogen (secondary N) is 1. The van der Waals surface area contributed by atoms with Crippen LogP contribution in [0.15, 0.2) is 18.3 Å². The van der Waals surface area contributed by atoms with Gasteiger partial charge in [0.1, 0.15) is 6.04 Å². The molecular weight excluding hydrogens is 233 g/mol. The first-order chi connectivity index (χ1) is 8.75. The maximum Gasteiger partial charge on any atom is 0.242 e. The van der Waals surface area contributed by atoms with Crippen LogP contribution in [0, 0.1) is 5.82 Å². The summed E-state index contributed by atoms with van der Waals surface area (Å²) < 4.78 is 13.7. The molecule has 2 aliphatic rings. The summed E-state index contributed by atoms with van der Waals surface area (Å²) in [5.74, 6) is -0.0466. The van der Waals surface area contributed by atoms with Crippen LogP contribution < -0.4 is 10.2 Å². The quantitative estimate of drug-likeness (QED) is 0.882. The second kappa shape index (κ2) is 4.55. The first kappa shape index (κ1) is 11.4. The van der Waals surface area contributed by atoms with Gasteiger partial charge >= 0.3 is 0 Å². The first-order valence-electron chi connectivity index (χ1n) is 6.43. The molecule has 1 aliphatic carbocycles. The zero-order chi connectivity index (χ0) is 12.5. The van der Waals surface area contributed by atoms with Crippen molar-refractivity contribution in [1.82, 2.24) is 10.3 Å². The molecule has 1 saturated carbocycles. The second-order valence-corrected chi connectivity index (χ2v) is 4.94. The smallest absolute Gasteiger partial charge is 0.242 e. The Balaban J connectivity index is 1.78. The zero-order valence-electron chi connectivity index (χ0n) is 10.1. The molecule has 0 bridgehead atoms. The van der Waals surface area contributed by atoms with Gasteiger partial charge in [-0.25, -0.2) is 9.37 Å². The van der Waals surface area contributed by atoms with Gasteiger partial charge in [0.15, 0.2) is 11.6 Å². The van der Waals surface area contributed by atoms with Gasteiger partial charge in [-0.05, 0) is 37.8 Å². The van der Waals surface area contributed by atoms with Gasteiger partial charge in [-0.3, -0.25) is 4.79 Å². The molecule has 0 aromatic carbocycles. The van der Waals surface area contributed by atoms with Crippen molar-refractivity contribution in [3.8, 4) is 0 Å². The lowest BCUT2D eigenvalue weighted by molar-refractivity contribution is -0.122. The van der Waals surface area contributed by atoms with Gasteiger partial charge in [0, 0.05) is 18.8 Å². The number of halogens is 1. The normalized spacial score (nSPS) is 23.2. The molecule has 1 aromatic rings. The summed E-state index contributed by atoms with van der Waals surface area (Å²) in [6.07, 6.45) is 5.37. The molecule has 2 fully saturated rings. The molecule has 0 unspecified atom stereocenters. The lowest BCUT2D eigenvalue weighted by atomic mass is 10.2. The van der Waals surface area contributed by atoms with E-state index in [9.17, 15) is 9.18 Å². The Hall–Kier alpha value is -1.65. The fourth-order valence-corrected chi connectivity index (χ4v) is 2.41. The average molecular weight is 249 g/mol. The van der Waals surface area contributed by atoms with Crippen molar-refractivity contribution in [3.05, 3.63) is 24.1 Å². The van der Waals surface area contributed by atoms with E-state index in [0.717, 1.165) is 25.7 Å². The Morgan fingerprint density at radius 3 is 3.00 bits per heavy atom. The summed E-state index contributed by atoms with van der Waals surface area (Å²) in [5, 5.41) is 2.98. The summed E-state index contributed by atoms with van der Waals surface area (Å²) >= 11 is 0. The van der Waals surface area contributed by atoms with Crippen LogP contribution in [0.4, 0.5) is 10.2 Å². The number of carbonyl (C=O) groups excluding carboxylic acids is 1. The van der Waals surface area contributed by atoms with Crippen molar-refractivity contribution in [2.75, 3.05) is 11.4 Å². The molecule has 1 aromatic heterocycles. The number of aromatic nitrogens is 1. The molecule has 3 rings (SSSR count). The molecule has 1 saturated heterocycles. The number of hydrogen-bond acceptors (Lipinski definition) is 3. The van der Waals surface area contributed by atoms with Crippen LogP contribution in [-0.4, -0.2) is 29.5 Å². The summed E-state index contributed by atoms with van der Waals surface area (Å²) in [4.78, 5) is 17.9. The Bertz CT molecular complexity index is 461. The highest BCUT2D eigenvalue weighted by atomic mass is 19.1. The number of pyridine rings is 1. The maximum absolute atomic E-state index is 13.7. The number of carbonyl (C=O) groups is 1. The minimum absolute atomic E-state index is 0.0139. The zero-order valence-corrected chi connectivity index (χ0v) is 10.1. The average Bonchev–Trinajstić information content (AvgIpc) is 3.04. The van der Waals surface area contributed by atoms with E-state index in [4.69, 9.17) is 0 Å². The largest absolute Gasteiger partial charge is 0.352 e. The molecular formula is C13H16FN3O. The SMILES string of the molecule is O=C(NC1CC1)[C@H]1CCCN1c1ncccc1F. The van der Waals surface area contributed by atoms with Crippen LogP contribution in [0.25, 0.3) is 0 Å². The van der Waals surface area contributed by atoms with Crippen molar-refractivity contribution in [2.45, 2.75) is 37.8 Å². The predicted octanol–water partition coefficient (Wildman–Crippen LogP) is 1.47. The second-order valence-electron chi connectivity index (χ2n) is 4.94. The van der Waals surface area contributed by atoms with Gasteiger partial charge in [-0.2, -0.15) is 0 Å². The van der Waals surface area contributed by atoms with Crippen molar-refractivity contribution in [2.24, 2.45) is 0 Å². The number of hydrogen-bond donors (Lipinski definition) is 1. The van der Waals surface area contributed by atoms with Gasteiger partial charge in [-0.1, -0.05) is 0 Å². The third-order valence-corrected chi connectivity index (χ3v) is 3.49. The van der Waals surface area contributed by atoms with E-state index in [1.165, 1.54) is 6.07 Å². The topological polar surface area (TPSA) is 45.2 Å². The van der Waals surface area contributed by atoms with E-state index in [0.29, 0.717) is 18.4 Å². The number of anilines is 1. The molecule has 1 aliphatic heterocycles. The van der Waals surface area contributed by atoms with Crippen molar-refractivity contribution < 1.29 is 9.18 Å². The Morgan fingerprint density at radius 2 is 2.28 bits per heavy atom. The van der Waals surface area contributed by atoms with E-state index < -0.39 is 0 Å². The first-order valence-corrected chi connectivity index (χ1v) is 6.43. The van der Waals surface area contributed by atoms with Gasteiger partial charge in [-0.15, -0.1) is 0 Å². The van der Waals surface area contributed by atoms with E-state index in [2.05, 4.69) is 10.3 Å². The fraction of sp³-hybridized carbons (Fsp3) is 0.538. The van der Waals surface area contributed by atoms with Crippen LogP contribution >= 0.6 is 0 Å². The molecule has 5 heteroatoms. The van der Waals surface area contributed by atoms with Crippen LogP contribution in [0.3, 0.4) is 0 Å². The molecule has 1 atom stereocenters. The molecule has 0 radical (unpaired) electrons. The molecule has 96 valence electrons. The summed E-state index contributed by atoms with van der Waals surface area (Å²) in [6.45, 7) is 0.691. The highest BCUT2D eigenvalue weighted by Gasteiger charge is 2.35. The summed E-state index contributed by atoms with van der Waals surface area (Å²) in [7, 11) is 0. The molecule has 0 spiro atoms. The Labute approximate surface area is 105 Å². The standard InChI is InChI=1S/C13H16FN3O/c14-10-3-1-7-15-12(10)17-8-2-4-11(17)13(18)16-9-5-6-9/h1,3,7,9,11H,2,4-6,8H2,(H,16,18)/t11-/m1/s1. The summed E-state index contributed by atoms with van der Waals surface area (Å²) in [5.41, 5.74) is 0. The fourth-order valence-electron chi connectivity index (χ4n) is 2.41. The van der Waals surface area contributed by atoms with Gasteiger partial charge in [0.25, 0.3) is 0 Å². The van der Waals surface area contributed by atoms with Gasteiger partial charge in [0.05, 0.1) is 0 Å². The Morgan fingerprint density at radius 1 is 1.44 bits per heavy atom. The number of amides is 1. The monoisotopic (exact) mass is 249 g/mol. The third-order valence-electron chi connectivity index (χ3n) is 3.49. The van der Waals surface area contributed by atoms with E-state index in [1.54, 1.807) is 17.2 Å². The third kappa shape index (κ3) is 2.17. The maximum atomic E-state index is 13.7. The molecule has 18 heavy (non-hydrogen) atoms. The van der Waals surface area contributed by atoms with E-state index in [1.807, 2.05) is 0 Å². The van der Waals surface area contributed by atoms with Gasteiger partial charge < -0.3 is 10.2 Å². The van der Waals surface area contributed by atoms with Crippen molar-refractivity contribution in [3.63, 3.8) is 0 Å². The minimum Gasteiger partial charge on any atom is -0.352 e. The van der Waals surface area contributed by atoms with Crippen LogP contribution in [-0.2, 0) is 4.79 Å². The minimum atomic E-state index is -0.358. The van der Waals surface area contributed by atoms with E-state index in [-0.39, 0.29) is 17.8 Å².